The first-order valence-electron chi connectivity index (χ1n) is 13.6. The highest BCUT2D eigenvalue weighted by Crippen LogP contribution is 2.57. The fraction of sp³-hybridized carbons (Fsp3) is 0.375. The Kier molecular flexibility index (Phi) is 6.26. The predicted octanol–water partition coefficient (Wildman–Crippen LogP) is 4.77. The van der Waals surface area contributed by atoms with E-state index < -0.39 is 23.6 Å². The van der Waals surface area contributed by atoms with Crippen LogP contribution in [0.3, 0.4) is 0 Å². The molecule has 2 N–H and O–H groups in total. The minimum Gasteiger partial charge on any atom is -0.508 e. The highest BCUT2D eigenvalue weighted by Gasteiger charge is 2.45. The Morgan fingerprint density at radius 3 is 2.58 bits per heavy atom. The third-order valence-corrected chi connectivity index (χ3v) is 8.19. The number of ether oxygens (including phenoxy) is 4. The van der Waals surface area contributed by atoms with Gasteiger partial charge in [-0.1, -0.05) is 29.9 Å². The number of hydrogen-bond donors (Lipinski definition) is 2. The fourth-order valence-electron chi connectivity index (χ4n) is 6.30. The Morgan fingerprint density at radius 2 is 1.90 bits per heavy atom. The van der Waals surface area contributed by atoms with E-state index in [0.717, 1.165) is 22.3 Å². The van der Waals surface area contributed by atoms with Gasteiger partial charge in [0.25, 0.3) is 0 Å². The second-order valence-electron chi connectivity index (χ2n) is 11.1. The van der Waals surface area contributed by atoms with Crippen molar-refractivity contribution in [2.75, 3.05) is 13.7 Å². The van der Waals surface area contributed by atoms with Crippen molar-refractivity contribution in [2.45, 2.75) is 57.7 Å². The van der Waals surface area contributed by atoms with E-state index in [9.17, 15) is 19.8 Å². The summed E-state index contributed by atoms with van der Waals surface area (Å²) in [5, 5.41) is 20.5. The smallest absolute Gasteiger partial charge is 0.374 e. The lowest BCUT2D eigenvalue weighted by molar-refractivity contribution is -0.141. The quantitative estimate of drug-likeness (QED) is 0.518. The van der Waals surface area contributed by atoms with Crippen LogP contribution < -0.4 is 14.2 Å². The molecule has 0 saturated heterocycles. The monoisotopic (exact) mass is 544 g/mol. The van der Waals surface area contributed by atoms with E-state index in [2.05, 4.69) is 0 Å². The van der Waals surface area contributed by atoms with Gasteiger partial charge in [0, 0.05) is 41.5 Å². The van der Waals surface area contributed by atoms with Gasteiger partial charge in [0.05, 0.1) is 30.8 Å². The molecule has 1 fully saturated rings. The molecule has 2 aromatic carbocycles. The van der Waals surface area contributed by atoms with Crippen molar-refractivity contribution in [2.24, 2.45) is 5.92 Å². The number of carbonyl (C=O) groups excluding carboxylic acids is 2. The van der Waals surface area contributed by atoms with E-state index in [1.54, 1.807) is 58.2 Å². The summed E-state index contributed by atoms with van der Waals surface area (Å²) in [7, 11) is 1.59. The number of ketones is 1. The van der Waals surface area contributed by atoms with Crippen LogP contribution in [-0.2, 0) is 20.7 Å². The molecule has 4 aliphatic rings. The Labute approximate surface area is 232 Å². The number of methoxy groups -OCH3 is 1. The van der Waals surface area contributed by atoms with Crippen LogP contribution in [0.4, 0.5) is 0 Å². The number of phenols is 1. The lowest BCUT2D eigenvalue weighted by Crippen LogP contribution is -2.39. The lowest BCUT2D eigenvalue weighted by atomic mass is 9.66. The van der Waals surface area contributed by atoms with Crippen LogP contribution in [-0.4, -0.2) is 47.4 Å². The summed E-state index contributed by atoms with van der Waals surface area (Å²) >= 11 is 0. The molecule has 0 radical (unpaired) electrons. The Morgan fingerprint density at radius 1 is 1.15 bits per heavy atom. The van der Waals surface area contributed by atoms with Crippen molar-refractivity contribution >= 4 is 17.3 Å². The molecule has 6 rings (SSSR count). The molecule has 8 nitrogen and oxygen atoms in total. The van der Waals surface area contributed by atoms with Crippen molar-refractivity contribution < 1.29 is 38.7 Å². The second kappa shape index (κ2) is 9.55. The molecule has 208 valence electrons. The van der Waals surface area contributed by atoms with Gasteiger partial charge in [-0.05, 0) is 44.9 Å². The number of rotatable bonds is 5. The molecule has 2 aromatic rings. The maximum atomic E-state index is 13.3. The first kappa shape index (κ1) is 26.2. The summed E-state index contributed by atoms with van der Waals surface area (Å²) in [6.45, 7) is 5.33. The normalized spacial score (nSPS) is 23.0. The third kappa shape index (κ3) is 4.09. The minimum atomic E-state index is -1.09. The zero-order chi connectivity index (χ0) is 28.3. The van der Waals surface area contributed by atoms with Gasteiger partial charge in [0.1, 0.15) is 34.9 Å². The van der Waals surface area contributed by atoms with Gasteiger partial charge in [-0.25, -0.2) is 4.79 Å². The number of aliphatic hydroxyl groups is 1. The third-order valence-electron chi connectivity index (χ3n) is 8.19. The summed E-state index contributed by atoms with van der Waals surface area (Å²) in [4.78, 5) is 26.4. The highest BCUT2D eigenvalue weighted by atomic mass is 16.6. The standard InChI is InChI=1S/C32H32O8/c1-5-38-31(35)30-20-11-10-18-19(12-13-22(34)26(18)16-6-8-17(33)9-7-16)27(20)28-24(40-30)15-23-21(29(28)37-4)14-25(39-23)32(2,3)36/h6-11,15,18,25-26,33,36H,5,12-14H2,1-4H3/t18-,25-,26+/m0/s1. The molecule has 2 aliphatic carbocycles. The van der Waals surface area contributed by atoms with Gasteiger partial charge in [-0.3, -0.25) is 4.79 Å². The molecular formula is C32H32O8. The molecule has 0 bridgehead atoms. The van der Waals surface area contributed by atoms with Gasteiger partial charge >= 0.3 is 5.97 Å². The van der Waals surface area contributed by atoms with Crippen LogP contribution in [0.25, 0.3) is 5.57 Å². The number of benzene rings is 2. The van der Waals surface area contributed by atoms with Crippen LogP contribution in [0, 0.1) is 5.92 Å². The molecule has 3 atom stereocenters. The van der Waals surface area contributed by atoms with Crippen molar-refractivity contribution in [3.63, 3.8) is 0 Å². The summed E-state index contributed by atoms with van der Waals surface area (Å²) in [6, 6.07) is 8.51. The van der Waals surface area contributed by atoms with E-state index in [4.69, 9.17) is 18.9 Å². The first-order valence-corrected chi connectivity index (χ1v) is 13.6. The summed E-state index contributed by atoms with van der Waals surface area (Å²) in [5.74, 6) is 0.554. The van der Waals surface area contributed by atoms with Crippen LogP contribution >= 0.6 is 0 Å². The Bertz CT molecular complexity index is 1500. The maximum Gasteiger partial charge on any atom is 0.374 e. The second-order valence-corrected chi connectivity index (χ2v) is 11.1. The SMILES string of the molecule is CCOC(=O)C1=C2C=C[C@H]3C(=C2c2c(cc4c(c2OC)C[C@@H](C(C)(C)O)O4)O1)CCC(=O)[C@@H]3c1ccc(O)cc1. The maximum absolute atomic E-state index is 13.3. The predicted molar refractivity (Wildman–Crippen MR) is 146 cm³/mol. The molecule has 1 saturated carbocycles. The van der Waals surface area contributed by atoms with Gasteiger partial charge < -0.3 is 29.2 Å². The van der Waals surface area contributed by atoms with Crippen molar-refractivity contribution in [1.82, 2.24) is 0 Å². The Balaban J connectivity index is 1.57. The molecule has 0 aromatic heterocycles. The summed E-state index contributed by atoms with van der Waals surface area (Å²) in [6.07, 6.45) is 4.61. The Hall–Kier alpha value is -4.04. The number of hydrogen-bond acceptors (Lipinski definition) is 8. The number of fused-ring (bicyclic) bond motifs is 5. The van der Waals surface area contributed by atoms with Crippen LogP contribution in [0.2, 0.25) is 0 Å². The van der Waals surface area contributed by atoms with Gasteiger partial charge in [0.15, 0.2) is 0 Å². The molecule has 0 amide bonds. The van der Waals surface area contributed by atoms with Gasteiger partial charge in [-0.15, -0.1) is 0 Å². The lowest BCUT2D eigenvalue weighted by Gasteiger charge is -2.38. The van der Waals surface area contributed by atoms with Crippen LogP contribution in [0.15, 0.2) is 59.4 Å². The molecule has 40 heavy (non-hydrogen) atoms. The average Bonchev–Trinajstić information content (AvgIpc) is 3.36. The number of aromatic hydroxyl groups is 1. The number of carbonyl (C=O) groups is 2. The zero-order valence-electron chi connectivity index (χ0n) is 22.9. The van der Waals surface area contributed by atoms with E-state index >= 15 is 0 Å². The molecule has 0 unspecified atom stereocenters. The van der Waals surface area contributed by atoms with E-state index in [-0.39, 0.29) is 29.8 Å². The first-order chi connectivity index (χ1) is 19.1. The number of phenolic OH excluding ortho intramolecular Hbond substituents is 1. The zero-order valence-corrected chi connectivity index (χ0v) is 22.9. The van der Waals surface area contributed by atoms with Crippen LogP contribution in [0.5, 0.6) is 23.0 Å². The van der Waals surface area contributed by atoms with Crippen LogP contribution in [0.1, 0.15) is 56.2 Å². The average molecular weight is 545 g/mol. The fourth-order valence-corrected chi connectivity index (χ4v) is 6.30. The topological polar surface area (TPSA) is 112 Å². The molecule has 8 heteroatoms. The van der Waals surface area contributed by atoms with E-state index in [1.165, 1.54) is 0 Å². The number of Topliss-reactive ketones (excluding diaryl/α,β-unsaturated/α-hetero) is 1. The van der Waals surface area contributed by atoms with Crippen molar-refractivity contribution in [3.05, 3.63) is 76.1 Å². The largest absolute Gasteiger partial charge is 0.508 e. The van der Waals surface area contributed by atoms with E-state index in [1.807, 2.05) is 12.2 Å². The molecule has 0 spiro atoms. The molecular weight excluding hydrogens is 512 g/mol. The molecule has 2 heterocycles. The highest BCUT2D eigenvalue weighted by molar-refractivity contribution is 6.03. The van der Waals surface area contributed by atoms with Crippen molar-refractivity contribution in [1.29, 1.82) is 0 Å². The summed E-state index contributed by atoms with van der Waals surface area (Å²) < 4.78 is 23.7. The van der Waals surface area contributed by atoms with Gasteiger partial charge in [-0.2, -0.15) is 0 Å². The summed E-state index contributed by atoms with van der Waals surface area (Å²) in [5.41, 5.74) is 3.66. The van der Waals surface area contributed by atoms with Gasteiger partial charge in [0.2, 0.25) is 5.76 Å². The molecule has 2 aliphatic heterocycles. The minimum absolute atomic E-state index is 0.0728. The number of allylic oxidation sites excluding steroid dienone is 5. The van der Waals surface area contributed by atoms with Crippen molar-refractivity contribution in [3.8, 4) is 23.0 Å². The number of esters is 1. The van der Waals surface area contributed by atoms with E-state index in [0.29, 0.717) is 47.6 Å².